The van der Waals surface area contributed by atoms with Crippen molar-refractivity contribution in [2.45, 2.75) is 37.5 Å². The number of primary sulfonamides is 1. The molecular formula is C27H29NO6S. The minimum Gasteiger partial charge on any atom is -0.496 e. The molecule has 1 aliphatic rings. The van der Waals surface area contributed by atoms with Gasteiger partial charge in [-0.1, -0.05) is 48.5 Å². The Labute approximate surface area is 205 Å². The molecule has 35 heavy (non-hydrogen) atoms. The molecule has 1 aliphatic heterocycles. The van der Waals surface area contributed by atoms with Gasteiger partial charge in [-0.2, -0.15) is 0 Å². The lowest BCUT2D eigenvalue weighted by Gasteiger charge is -2.31. The van der Waals surface area contributed by atoms with Crippen LogP contribution < -0.4 is 14.6 Å². The van der Waals surface area contributed by atoms with Gasteiger partial charge in [-0.05, 0) is 53.6 Å². The van der Waals surface area contributed by atoms with Crippen molar-refractivity contribution in [2.75, 3.05) is 14.2 Å². The van der Waals surface area contributed by atoms with Gasteiger partial charge in [0.25, 0.3) is 0 Å². The predicted octanol–water partition coefficient (Wildman–Crippen LogP) is 4.52. The molecule has 0 bridgehead atoms. The van der Waals surface area contributed by atoms with E-state index >= 15 is 0 Å². The fourth-order valence-electron chi connectivity index (χ4n) is 4.47. The minimum absolute atomic E-state index is 0.199. The normalized spacial score (nSPS) is 14.4. The van der Waals surface area contributed by atoms with E-state index in [0.717, 1.165) is 47.1 Å². The van der Waals surface area contributed by atoms with Gasteiger partial charge < -0.3 is 14.2 Å². The average Bonchev–Trinajstić information content (AvgIpc) is 2.84. The van der Waals surface area contributed by atoms with Crippen LogP contribution in [0.2, 0.25) is 0 Å². The number of esters is 1. The second kappa shape index (κ2) is 10.5. The maximum Gasteiger partial charge on any atom is 0.305 e. The fourth-order valence-corrected chi connectivity index (χ4v) is 5.12. The lowest BCUT2D eigenvalue weighted by molar-refractivity contribution is -0.140. The van der Waals surface area contributed by atoms with Crippen molar-refractivity contribution in [3.8, 4) is 22.6 Å². The van der Waals surface area contributed by atoms with Crippen LogP contribution in [0.4, 0.5) is 0 Å². The summed E-state index contributed by atoms with van der Waals surface area (Å²) in [7, 11) is -0.675. The van der Waals surface area contributed by atoms with Crippen LogP contribution in [0.3, 0.4) is 0 Å². The van der Waals surface area contributed by atoms with E-state index in [1.54, 1.807) is 13.2 Å². The number of carbonyl (C=O) groups excluding carboxylic acids is 1. The molecule has 4 rings (SSSR count). The molecule has 7 nitrogen and oxygen atoms in total. The summed E-state index contributed by atoms with van der Waals surface area (Å²) in [4.78, 5) is 11.4. The van der Waals surface area contributed by atoms with Crippen molar-refractivity contribution in [3.05, 3.63) is 82.9 Å². The maximum atomic E-state index is 11.7. The number of benzene rings is 3. The van der Waals surface area contributed by atoms with Crippen LogP contribution in [0.25, 0.3) is 11.1 Å². The number of sulfonamides is 1. The van der Waals surface area contributed by atoms with Gasteiger partial charge in [0.1, 0.15) is 17.6 Å². The Hall–Kier alpha value is -3.36. The first-order valence-electron chi connectivity index (χ1n) is 11.4. The Morgan fingerprint density at radius 2 is 1.80 bits per heavy atom. The first-order valence-corrected chi connectivity index (χ1v) is 13.1. The summed E-state index contributed by atoms with van der Waals surface area (Å²) in [6.07, 6.45) is 2.41. The topological polar surface area (TPSA) is 105 Å². The standard InChI is InChI=1S/C27H29NO6S/c1-32-23-10-6-11-24-26(23)21-14-13-19(17-35(28,30)31)16-22(21)27(34-24)20-9-5-8-18(15-20)7-3-4-12-25(29)33-2/h5-6,8-11,13-16,27H,3-4,7,12,17H2,1-2H3,(H2,28,30,31). The van der Waals surface area contributed by atoms with E-state index in [1.165, 1.54) is 7.11 Å². The molecule has 3 aromatic carbocycles. The Balaban J connectivity index is 1.70. The Morgan fingerprint density at radius 1 is 1.00 bits per heavy atom. The van der Waals surface area contributed by atoms with Crippen molar-refractivity contribution < 1.29 is 27.4 Å². The first-order chi connectivity index (χ1) is 16.8. The van der Waals surface area contributed by atoms with Crippen molar-refractivity contribution >= 4 is 16.0 Å². The highest BCUT2D eigenvalue weighted by molar-refractivity contribution is 7.88. The Kier molecular flexibility index (Phi) is 7.42. The molecule has 0 aliphatic carbocycles. The van der Waals surface area contributed by atoms with Gasteiger partial charge in [-0.25, -0.2) is 13.6 Å². The van der Waals surface area contributed by atoms with Crippen LogP contribution in [0.1, 0.15) is 47.6 Å². The predicted molar refractivity (Wildman–Crippen MR) is 134 cm³/mol. The van der Waals surface area contributed by atoms with E-state index in [-0.39, 0.29) is 11.7 Å². The van der Waals surface area contributed by atoms with Crippen LogP contribution in [0.15, 0.2) is 60.7 Å². The average molecular weight is 496 g/mol. The summed E-state index contributed by atoms with van der Waals surface area (Å²) in [6.45, 7) is 0. The third-order valence-corrected chi connectivity index (χ3v) is 6.80. The molecule has 0 saturated heterocycles. The molecule has 8 heteroatoms. The fraction of sp³-hybridized carbons (Fsp3) is 0.296. The molecule has 1 atom stereocenters. The van der Waals surface area contributed by atoms with Crippen LogP contribution in [0.5, 0.6) is 11.5 Å². The van der Waals surface area contributed by atoms with E-state index in [4.69, 9.17) is 19.3 Å². The molecule has 1 heterocycles. The van der Waals surface area contributed by atoms with E-state index in [1.807, 2.05) is 42.5 Å². The van der Waals surface area contributed by atoms with Gasteiger partial charge in [0.05, 0.1) is 25.5 Å². The SMILES string of the molecule is COC(=O)CCCCc1cccc(C2Oc3cccc(OC)c3-c3ccc(CS(N)(=O)=O)cc32)c1. The quantitative estimate of drug-likeness (QED) is 0.346. The zero-order valence-electron chi connectivity index (χ0n) is 19.8. The number of unbranched alkanes of at least 4 members (excludes halogenated alkanes) is 1. The summed E-state index contributed by atoms with van der Waals surface area (Å²) in [5.41, 5.74) is 5.30. The Bertz CT molecular complexity index is 1340. The van der Waals surface area contributed by atoms with Crippen LogP contribution in [-0.4, -0.2) is 28.6 Å². The molecule has 0 radical (unpaired) electrons. The number of fused-ring (bicyclic) bond motifs is 3. The summed E-state index contributed by atoms with van der Waals surface area (Å²) < 4.78 is 40.3. The molecular weight excluding hydrogens is 466 g/mol. The number of aryl methyl sites for hydroxylation is 1. The highest BCUT2D eigenvalue weighted by Gasteiger charge is 2.30. The van der Waals surface area contributed by atoms with Gasteiger partial charge in [0.2, 0.25) is 10.0 Å². The molecule has 0 amide bonds. The van der Waals surface area contributed by atoms with Crippen LogP contribution in [0, 0.1) is 0 Å². The second-order valence-corrected chi connectivity index (χ2v) is 10.2. The van der Waals surface area contributed by atoms with Crippen molar-refractivity contribution in [3.63, 3.8) is 0 Å². The molecule has 1 unspecified atom stereocenters. The lowest BCUT2D eigenvalue weighted by Crippen LogP contribution is -2.18. The van der Waals surface area contributed by atoms with Crippen LogP contribution in [-0.2, 0) is 31.7 Å². The van der Waals surface area contributed by atoms with Gasteiger partial charge >= 0.3 is 5.97 Å². The number of ether oxygens (including phenoxy) is 3. The van der Waals surface area contributed by atoms with Gasteiger partial charge in [0.15, 0.2) is 0 Å². The largest absolute Gasteiger partial charge is 0.496 e. The summed E-state index contributed by atoms with van der Waals surface area (Å²) in [6, 6.07) is 19.3. The third-order valence-electron chi connectivity index (χ3n) is 6.07. The molecule has 0 aromatic heterocycles. The number of nitrogens with two attached hydrogens (primary N) is 1. The van der Waals surface area contributed by atoms with Crippen LogP contribution >= 0.6 is 0 Å². The van der Waals surface area contributed by atoms with E-state index < -0.39 is 16.1 Å². The van der Waals surface area contributed by atoms with Crippen molar-refractivity contribution in [1.29, 1.82) is 0 Å². The summed E-state index contributed by atoms with van der Waals surface area (Å²) in [5.74, 6) is 0.923. The molecule has 3 aromatic rings. The third kappa shape index (κ3) is 5.83. The lowest BCUT2D eigenvalue weighted by atomic mass is 9.87. The number of rotatable bonds is 9. The number of hydrogen-bond acceptors (Lipinski definition) is 6. The first kappa shape index (κ1) is 24.8. The van der Waals surface area contributed by atoms with E-state index in [9.17, 15) is 13.2 Å². The van der Waals surface area contributed by atoms with Gasteiger partial charge in [-0.15, -0.1) is 0 Å². The molecule has 2 N–H and O–H groups in total. The van der Waals surface area contributed by atoms with Gasteiger partial charge in [0, 0.05) is 12.0 Å². The number of carbonyl (C=O) groups is 1. The highest BCUT2D eigenvalue weighted by Crippen LogP contribution is 2.49. The molecule has 0 saturated carbocycles. The smallest absolute Gasteiger partial charge is 0.305 e. The highest BCUT2D eigenvalue weighted by atomic mass is 32.2. The summed E-state index contributed by atoms with van der Waals surface area (Å²) in [5, 5.41) is 5.31. The van der Waals surface area contributed by atoms with E-state index in [2.05, 4.69) is 12.1 Å². The molecule has 0 fully saturated rings. The zero-order valence-corrected chi connectivity index (χ0v) is 20.6. The van der Waals surface area contributed by atoms with Gasteiger partial charge in [-0.3, -0.25) is 4.79 Å². The minimum atomic E-state index is -3.69. The number of methoxy groups -OCH3 is 2. The monoisotopic (exact) mass is 495 g/mol. The second-order valence-electron chi connectivity index (χ2n) is 8.59. The zero-order chi connectivity index (χ0) is 25.0. The molecule has 184 valence electrons. The molecule has 0 spiro atoms. The summed E-state index contributed by atoms with van der Waals surface area (Å²) >= 11 is 0. The van der Waals surface area contributed by atoms with Crippen molar-refractivity contribution in [2.24, 2.45) is 5.14 Å². The maximum absolute atomic E-state index is 11.7. The van der Waals surface area contributed by atoms with Crippen molar-refractivity contribution in [1.82, 2.24) is 0 Å². The Morgan fingerprint density at radius 3 is 2.54 bits per heavy atom. The number of hydrogen-bond donors (Lipinski definition) is 1. The van der Waals surface area contributed by atoms with E-state index in [0.29, 0.717) is 23.5 Å².